The molecule has 0 N–H and O–H groups in total. The van der Waals surface area contributed by atoms with Crippen LogP contribution in [-0.2, 0) is 33.4 Å². The summed E-state index contributed by atoms with van der Waals surface area (Å²) in [4.78, 5) is 50.8. The van der Waals surface area contributed by atoms with Crippen molar-refractivity contribution in [2.75, 3.05) is 46.7 Å². The smallest absolute Gasteiger partial charge is 0.230 e. The normalized spacial score (nSPS) is 12.5. The number of ether oxygens (including phenoxy) is 3. The summed E-state index contributed by atoms with van der Waals surface area (Å²) in [5.74, 6) is 0.132. The van der Waals surface area contributed by atoms with Gasteiger partial charge in [-0.3, -0.25) is 19.2 Å². The lowest BCUT2D eigenvalue weighted by Gasteiger charge is -2.35. The molecule has 0 unspecified atom stereocenters. The maximum Gasteiger partial charge on any atom is 0.230 e. The number of ketones is 3. The molecule has 0 aromatic rings. The van der Waals surface area contributed by atoms with Crippen LogP contribution in [0.5, 0.6) is 0 Å². The van der Waals surface area contributed by atoms with E-state index in [2.05, 4.69) is 0 Å². The van der Waals surface area contributed by atoms with Gasteiger partial charge in [0.15, 0.2) is 0 Å². The van der Waals surface area contributed by atoms with Crippen LogP contribution in [0.2, 0.25) is 0 Å². The number of hydrogen-bond acceptors (Lipinski definition) is 7. The zero-order chi connectivity index (χ0) is 28.1. The van der Waals surface area contributed by atoms with Crippen molar-refractivity contribution in [2.45, 2.75) is 87.6 Å². The molecule has 8 nitrogen and oxygen atoms in total. The minimum Gasteiger partial charge on any atom is -0.379 e. The van der Waals surface area contributed by atoms with Crippen molar-refractivity contribution in [3.05, 3.63) is 0 Å². The van der Waals surface area contributed by atoms with Gasteiger partial charge in [-0.2, -0.15) is 0 Å². The molecule has 0 fully saturated rings. The minimum absolute atomic E-state index is 0.0473. The number of hydrogen-bond donors (Lipinski definition) is 0. The first kappa shape index (κ1) is 34.4. The Balaban J connectivity index is 5.11. The molecular formula is C28H51NO7. The van der Waals surface area contributed by atoms with Gasteiger partial charge in [-0.15, -0.1) is 0 Å². The Labute approximate surface area is 218 Å². The number of amides is 1. The fraction of sp³-hybridized carbons (Fsp3) is 0.857. The predicted molar refractivity (Wildman–Crippen MR) is 141 cm³/mol. The summed E-state index contributed by atoms with van der Waals surface area (Å²) in [5, 5.41) is 0. The van der Waals surface area contributed by atoms with Crippen molar-refractivity contribution >= 4 is 23.3 Å². The molecule has 0 aliphatic carbocycles. The monoisotopic (exact) mass is 513 g/mol. The minimum atomic E-state index is -0.834. The van der Waals surface area contributed by atoms with E-state index in [0.29, 0.717) is 19.3 Å². The van der Waals surface area contributed by atoms with Gasteiger partial charge in [0.1, 0.15) is 17.3 Å². The summed E-state index contributed by atoms with van der Waals surface area (Å²) in [7, 11) is 1.70. The third kappa shape index (κ3) is 12.5. The quantitative estimate of drug-likeness (QED) is 0.226. The first-order chi connectivity index (χ1) is 16.6. The van der Waals surface area contributed by atoms with Crippen molar-refractivity contribution < 1.29 is 33.4 Å². The number of carbonyl (C=O) groups is 4. The highest BCUT2D eigenvalue weighted by molar-refractivity contribution is 5.84. The summed E-state index contributed by atoms with van der Waals surface area (Å²) in [5.41, 5.74) is -1.44. The number of Topliss-reactive ketones (excluding diaryl/α,β-unsaturated/α-hetero) is 3. The second-order valence-corrected chi connectivity index (χ2v) is 11.5. The highest BCUT2D eigenvalue weighted by Gasteiger charge is 2.35. The fourth-order valence-corrected chi connectivity index (χ4v) is 3.46. The van der Waals surface area contributed by atoms with Gasteiger partial charge in [-0.05, 0) is 13.8 Å². The van der Waals surface area contributed by atoms with E-state index < -0.39 is 16.9 Å². The number of rotatable bonds is 20. The molecule has 0 saturated carbocycles. The maximum atomic E-state index is 13.4. The topological polar surface area (TPSA) is 99.2 Å². The molecule has 0 aliphatic heterocycles. The number of nitrogens with zero attached hydrogens (tertiary/aromatic N) is 1. The Morgan fingerprint density at radius 2 is 1.14 bits per heavy atom. The van der Waals surface area contributed by atoms with Gasteiger partial charge in [-0.25, -0.2) is 0 Å². The predicted octanol–water partition coefficient (Wildman–Crippen LogP) is 4.13. The summed E-state index contributed by atoms with van der Waals surface area (Å²) in [6.45, 7) is 17.9. The van der Waals surface area contributed by atoms with E-state index in [0.717, 1.165) is 0 Å². The van der Waals surface area contributed by atoms with Crippen LogP contribution in [0, 0.1) is 22.7 Å². The van der Waals surface area contributed by atoms with Crippen LogP contribution in [0.1, 0.15) is 81.6 Å². The zero-order valence-electron chi connectivity index (χ0n) is 24.4. The summed E-state index contributed by atoms with van der Waals surface area (Å²) < 4.78 is 17.3. The van der Waals surface area contributed by atoms with Crippen molar-refractivity contribution in [2.24, 2.45) is 22.7 Å². The Hall–Kier alpha value is -1.64. The Kier molecular flexibility index (Phi) is 15.5. The molecule has 0 radical (unpaired) electrons. The van der Waals surface area contributed by atoms with Crippen LogP contribution in [0.25, 0.3) is 0 Å². The SMILES string of the molecule is CCC(=O)C(C)(C)COCC(C)(C)C(=O)N(C)C(COCCC(=O)C(C)C)COCCC(=O)C(C)C. The molecule has 210 valence electrons. The lowest BCUT2D eigenvalue weighted by atomic mass is 9.87. The van der Waals surface area contributed by atoms with Crippen LogP contribution in [0.15, 0.2) is 0 Å². The highest BCUT2D eigenvalue weighted by atomic mass is 16.5. The third-order valence-corrected chi connectivity index (χ3v) is 6.34. The van der Waals surface area contributed by atoms with Crippen molar-refractivity contribution in [3.63, 3.8) is 0 Å². The molecule has 0 heterocycles. The van der Waals surface area contributed by atoms with Crippen LogP contribution in [0.3, 0.4) is 0 Å². The first-order valence-electron chi connectivity index (χ1n) is 13.2. The van der Waals surface area contributed by atoms with Crippen LogP contribution < -0.4 is 0 Å². The van der Waals surface area contributed by atoms with Crippen LogP contribution >= 0.6 is 0 Å². The van der Waals surface area contributed by atoms with E-state index in [1.54, 1.807) is 11.9 Å². The average Bonchev–Trinajstić information content (AvgIpc) is 2.80. The summed E-state index contributed by atoms with van der Waals surface area (Å²) >= 11 is 0. The third-order valence-electron chi connectivity index (χ3n) is 6.34. The molecule has 0 bridgehead atoms. The van der Waals surface area contributed by atoms with Gasteiger partial charge >= 0.3 is 0 Å². The van der Waals surface area contributed by atoms with Crippen molar-refractivity contribution in [3.8, 4) is 0 Å². The maximum absolute atomic E-state index is 13.4. The second-order valence-electron chi connectivity index (χ2n) is 11.5. The zero-order valence-corrected chi connectivity index (χ0v) is 24.4. The first-order valence-corrected chi connectivity index (χ1v) is 13.2. The molecule has 0 saturated heterocycles. The largest absolute Gasteiger partial charge is 0.379 e. The van der Waals surface area contributed by atoms with E-state index in [9.17, 15) is 19.2 Å². The molecule has 0 rings (SSSR count). The fourth-order valence-electron chi connectivity index (χ4n) is 3.46. The number of likely N-dealkylation sites (N-methyl/N-ethyl adjacent to an activating group) is 1. The standard InChI is InChI=1S/C28H51NO7/c1-11-25(32)27(6,7)18-36-19-28(8,9)26(33)29(10)22(16-34-14-12-23(30)20(2)3)17-35-15-13-24(31)21(4)5/h20-22H,11-19H2,1-10H3. The van der Waals surface area contributed by atoms with E-state index in [-0.39, 0.29) is 74.7 Å². The highest BCUT2D eigenvalue weighted by Crippen LogP contribution is 2.24. The van der Waals surface area contributed by atoms with Gasteiger partial charge in [0.05, 0.1) is 51.1 Å². The molecule has 0 aromatic heterocycles. The van der Waals surface area contributed by atoms with E-state index in [1.807, 2.05) is 62.3 Å². The molecule has 0 spiro atoms. The Bertz CT molecular complexity index is 685. The van der Waals surface area contributed by atoms with Crippen molar-refractivity contribution in [1.82, 2.24) is 4.90 Å². The molecule has 0 atom stereocenters. The van der Waals surface area contributed by atoms with Crippen LogP contribution in [0.4, 0.5) is 0 Å². The van der Waals surface area contributed by atoms with E-state index >= 15 is 0 Å². The molecule has 1 amide bonds. The lowest BCUT2D eigenvalue weighted by Crippen LogP contribution is -2.50. The average molecular weight is 514 g/mol. The Morgan fingerprint density at radius 1 is 0.722 bits per heavy atom. The van der Waals surface area contributed by atoms with E-state index in [4.69, 9.17) is 14.2 Å². The molecule has 0 aromatic carbocycles. The second kappa shape index (κ2) is 16.3. The van der Waals surface area contributed by atoms with Crippen molar-refractivity contribution in [1.29, 1.82) is 0 Å². The number of carbonyl (C=O) groups excluding carboxylic acids is 4. The summed E-state index contributed by atoms with van der Waals surface area (Å²) in [6, 6.07) is -0.391. The summed E-state index contributed by atoms with van der Waals surface area (Å²) in [6.07, 6.45) is 1.07. The Morgan fingerprint density at radius 3 is 1.53 bits per heavy atom. The van der Waals surface area contributed by atoms with E-state index in [1.165, 1.54) is 0 Å². The van der Waals surface area contributed by atoms with Gasteiger partial charge < -0.3 is 19.1 Å². The van der Waals surface area contributed by atoms with Gasteiger partial charge in [-0.1, -0.05) is 48.5 Å². The molecule has 36 heavy (non-hydrogen) atoms. The molecule has 0 aliphatic rings. The van der Waals surface area contributed by atoms with Crippen LogP contribution in [-0.4, -0.2) is 80.9 Å². The molecule has 8 heteroatoms. The van der Waals surface area contributed by atoms with Gasteiger partial charge in [0.2, 0.25) is 5.91 Å². The molecular weight excluding hydrogens is 462 g/mol. The lowest BCUT2D eigenvalue weighted by molar-refractivity contribution is -0.149. The van der Waals surface area contributed by atoms with Gasteiger partial charge in [0.25, 0.3) is 0 Å². The van der Waals surface area contributed by atoms with Gasteiger partial charge in [0, 0.05) is 43.6 Å².